The van der Waals surface area contributed by atoms with Gasteiger partial charge in [-0.15, -0.1) is 11.3 Å². The summed E-state index contributed by atoms with van der Waals surface area (Å²) in [6.07, 6.45) is 7.82. The number of halogens is 2. The van der Waals surface area contributed by atoms with Crippen molar-refractivity contribution in [2.24, 2.45) is 10.9 Å². The van der Waals surface area contributed by atoms with Crippen LogP contribution in [0.25, 0.3) is 15.7 Å². The fourth-order valence-corrected chi connectivity index (χ4v) is 7.48. The maximum atomic E-state index is 16.1. The number of amidine groups is 1. The maximum Gasteiger partial charge on any atom is 0.247 e. The summed E-state index contributed by atoms with van der Waals surface area (Å²) in [7, 11) is 1.79. The second kappa shape index (κ2) is 14.8. The molecule has 0 radical (unpaired) electrons. The number of hydrogen-bond acceptors (Lipinski definition) is 7. The van der Waals surface area contributed by atoms with E-state index in [2.05, 4.69) is 36.2 Å². The molecule has 0 saturated carbocycles. The SMILES string of the molecule is C/C=C(F)/C(=C1/COC/C1=C(/C)C(=NC1CCCN(C)C1=O)N/C(=C/CCC)N1CCC(C)C1)c1c(F)ccc2sc(N)c(C#N)c12. The molecule has 0 spiro atoms. The molecule has 1 aromatic heterocycles. The summed E-state index contributed by atoms with van der Waals surface area (Å²) in [4.78, 5) is 22.3. The number of thiophene rings is 1. The topological polar surface area (TPSA) is 107 Å². The Morgan fingerprint density at radius 3 is 2.72 bits per heavy atom. The van der Waals surface area contributed by atoms with E-state index in [1.807, 2.05) is 6.92 Å². The number of nitrogen functional groups attached to an aromatic ring is 1. The molecule has 3 N–H and O–H groups in total. The number of piperidine rings is 1. The molecule has 8 nitrogen and oxygen atoms in total. The van der Waals surface area contributed by atoms with Crippen LogP contribution in [-0.4, -0.2) is 67.5 Å². The lowest BCUT2D eigenvalue weighted by molar-refractivity contribution is -0.133. The summed E-state index contributed by atoms with van der Waals surface area (Å²) in [6, 6.07) is 4.37. The number of hydrogen-bond donors (Lipinski definition) is 2. The number of unbranched alkanes of at least 4 members (excludes halogenated alkanes) is 1. The lowest BCUT2D eigenvalue weighted by atomic mass is 9.89. The molecule has 2 unspecified atom stereocenters. The van der Waals surface area contributed by atoms with Crippen molar-refractivity contribution >= 4 is 43.7 Å². The number of anilines is 1. The lowest BCUT2D eigenvalue weighted by Crippen LogP contribution is -2.43. The zero-order valence-electron chi connectivity index (χ0n) is 27.9. The van der Waals surface area contributed by atoms with Gasteiger partial charge >= 0.3 is 0 Å². The molecule has 3 fully saturated rings. The summed E-state index contributed by atoms with van der Waals surface area (Å²) in [6.45, 7) is 10.5. The van der Waals surface area contributed by atoms with Gasteiger partial charge in [-0.2, -0.15) is 5.26 Å². The van der Waals surface area contributed by atoms with Crippen LogP contribution in [0.3, 0.4) is 0 Å². The fraction of sp³-hybridized carbons (Fsp3) is 0.472. The first-order valence-corrected chi connectivity index (χ1v) is 17.2. The van der Waals surface area contributed by atoms with Crippen LogP contribution >= 0.6 is 11.3 Å². The number of likely N-dealkylation sites (tertiary alicyclic amines) is 2. The van der Waals surface area contributed by atoms with E-state index in [4.69, 9.17) is 15.5 Å². The summed E-state index contributed by atoms with van der Waals surface area (Å²) in [5.74, 6) is 0.636. The second-order valence-electron chi connectivity index (χ2n) is 12.6. The number of amides is 1. The zero-order valence-corrected chi connectivity index (χ0v) is 28.7. The number of benzene rings is 1. The number of nitriles is 1. The van der Waals surface area contributed by atoms with Gasteiger partial charge in [0.1, 0.15) is 40.4 Å². The van der Waals surface area contributed by atoms with E-state index >= 15 is 8.78 Å². The lowest BCUT2D eigenvalue weighted by Gasteiger charge is -2.29. The number of allylic oxidation sites excluding steroid dienone is 4. The third-order valence-corrected chi connectivity index (χ3v) is 10.2. The number of rotatable bonds is 8. The Labute approximate surface area is 279 Å². The molecule has 47 heavy (non-hydrogen) atoms. The number of nitrogens with zero attached hydrogens (tertiary/aromatic N) is 4. The summed E-state index contributed by atoms with van der Waals surface area (Å²) < 4.78 is 38.6. The van der Waals surface area contributed by atoms with Gasteiger partial charge in [0, 0.05) is 47.9 Å². The van der Waals surface area contributed by atoms with Crippen LogP contribution in [0.1, 0.15) is 70.9 Å². The van der Waals surface area contributed by atoms with Crippen molar-refractivity contribution in [2.75, 3.05) is 45.6 Å². The van der Waals surface area contributed by atoms with Crippen LogP contribution in [0.5, 0.6) is 0 Å². The number of ether oxygens (including phenoxy) is 1. The smallest absolute Gasteiger partial charge is 0.247 e. The zero-order chi connectivity index (χ0) is 33.8. The van der Waals surface area contributed by atoms with Crippen LogP contribution in [-0.2, 0) is 9.53 Å². The van der Waals surface area contributed by atoms with Gasteiger partial charge in [-0.3, -0.25) is 9.79 Å². The van der Waals surface area contributed by atoms with Gasteiger partial charge in [0.05, 0.1) is 18.8 Å². The van der Waals surface area contributed by atoms with Crippen LogP contribution in [0.2, 0.25) is 0 Å². The number of likely N-dealkylation sites (N-methyl/N-ethyl adjacent to an activating group) is 1. The number of aliphatic imine (C=N–C) groups is 1. The minimum atomic E-state index is -0.661. The van der Waals surface area contributed by atoms with Crippen LogP contribution in [0.15, 0.2) is 57.6 Å². The van der Waals surface area contributed by atoms with E-state index in [-0.39, 0.29) is 46.2 Å². The highest BCUT2D eigenvalue weighted by Gasteiger charge is 2.32. The first-order chi connectivity index (χ1) is 22.6. The molecule has 3 aliphatic rings. The van der Waals surface area contributed by atoms with Gasteiger partial charge in [0.2, 0.25) is 5.91 Å². The molecule has 2 aromatic rings. The van der Waals surface area contributed by atoms with Crippen molar-refractivity contribution < 1.29 is 18.3 Å². The van der Waals surface area contributed by atoms with Crippen molar-refractivity contribution in [3.63, 3.8) is 0 Å². The van der Waals surface area contributed by atoms with Crippen molar-refractivity contribution in [3.8, 4) is 6.07 Å². The van der Waals surface area contributed by atoms with E-state index < -0.39 is 17.7 Å². The minimum absolute atomic E-state index is 0.0153. The Balaban J connectivity index is 1.73. The number of nitrogens with two attached hydrogens (primary N) is 1. The first-order valence-electron chi connectivity index (χ1n) is 16.4. The third kappa shape index (κ3) is 6.99. The number of carbonyl (C=O) groups excluding carboxylic acids is 1. The fourth-order valence-electron chi connectivity index (χ4n) is 6.55. The molecule has 11 heteroatoms. The Kier molecular flexibility index (Phi) is 10.8. The van der Waals surface area contributed by atoms with E-state index in [1.54, 1.807) is 24.9 Å². The van der Waals surface area contributed by atoms with Gasteiger partial charge in [-0.25, -0.2) is 8.78 Å². The van der Waals surface area contributed by atoms with Gasteiger partial charge in [0.15, 0.2) is 0 Å². The first kappa shape index (κ1) is 34.3. The van der Waals surface area contributed by atoms with Crippen molar-refractivity contribution in [1.82, 2.24) is 15.1 Å². The number of nitrogens with one attached hydrogen (secondary N) is 1. The highest BCUT2D eigenvalue weighted by atomic mass is 32.1. The molecule has 2 atom stereocenters. The molecule has 1 amide bonds. The van der Waals surface area contributed by atoms with E-state index in [0.717, 1.165) is 44.6 Å². The third-order valence-electron chi connectivity index (χ3n) is 9.21. The molecule has 0 aliphatic carbocycles. The van der Waals surface area contributed by atoms with Gasteiger partial charge in [-0.05, 0) is 80.4 Å². The van der Waals surface area contributed by atoms with Crippen LogP contribution in [0.4, 0.5) is 13.8 Å². The molecule has 0 bridgehead atoms. The molecule has 250 valence electrons. The molecule has 5 rings (SSSR count). The second-order valence-corrected chi connectivity index (χ2v) is 13.7. The number of carbonyl (C=O) groups is 1. The minimum Gasteiger partial charge on any atom is -0.389 e. The Bertz CT molecular complexity index is 1750. The Hall–Kier alpha value is -4.01. The molecular weight excluding hydrogens is 618 g/mol. The predicted octanol–water partition coefficient (Wildman–Crippen LogP) is 7.06. The van der Waals surface area contributed by atoms with Crippen molar-refractivity contribution in [2.45, 2.75) is 65.8 Å². The molecular formula is C36H44F2N6O2S. The monoisotopic (exact) mass is 662 g/mol. The molecule has 3 aliphatic heterocycles. The summed E-state index contributed by atoms with van der Waals surface area (Å²) in [5, 5.41) is 14.1. The van der Waals surface area contributed by atoms with Crippen LogP contribution < -0.4 is 11.1 Å². The molecule has 4 heterocycles. The predicted molar refractivity (Wildman–Crippen MR) is 186 cm³/mol. The Morgan fingerprint density at radius 2 is 2.04 bits per heavy atom. The van der Waals surface area contributed by atoms with Crippen molar-refractivity contribution in [3.05, 3.63) is 69.6 Å². The Morgan fingerprint density at radius 1 is 1.28 bits per heavy atom. The summed E-state index contributed by atoms with van der Waals surface area (Å²) >= 11 is 1.17. The average Bonchev–Trinajstić information content (AvgIpc) is 3.79. The van der Waals surface area contributed by atoms with Crippen LogP contribution in [0, 0.1) is 23.1 Å². The number of fused-ring (bicyclic) bond motifs is 1. The van der Waals surface area contributed by atoms with Gasteiger partial charge in [0.25, 0.3) is 0 Å². The van der Waals surface area contributed by atoms with Gasteiger partial charge in [-0.1, -0.05) is 26.3 Å². The normalized spacial score (nSPS) is 23.5. The standard InChI is InChI=1S/C36H44F2N6O2S/c1-6-8-11-30(44-16-14-21(3)18-44)42-35(41-28-10-9-15-43(5)36(28)45)22(4)24-19-46-20-25(24)31(26(37)7-2)33-27(38)12-13-29-32(33)23(17-39)34(40)47-29/h7,11-13,21,28H,6,8-10,14-16,18-20,40H2,1-5H3,(H,41,42)/b24-22+,26-7-,30-11-,31-25+. The quantitative estimate of drug-likeness (QED) is 0.232. The maximum absolute atomic E-state index is 16.1. The van der Waals surface area contributed by atoms with E-state index in [1.165, 1.54) is 23.5 Å². The van der Waals surface area contributed by atoms with E-state index in [9.17, 15) is 10.1 Å². The molecule has 3 saturated heterocycles. The molecule has 1 aromatic carbocycles. The summed E-state index contributed by atoms with van der Waals surface area (Å²) in [5.41, 5.74) is 8.11. The van der Waals surface area contributed by atoms with E-state index in [0.29, 0.717) is 46.1 Å². The van der Waals surface area contributed by atoms with Gasteiger partial charge < -0.3 is 25.6 Å². The highest BCUT2D eigenvalue weighted by molar-refractivity contribution is 7.23. The average molecular weight is 663 g/mol. The largest absolute Gasteiger partial charge is 0.389 e. The van der Waals surface area contributed by atoms with Crippen molar-refractivity contribution in [1.29, 1.82) is 5.26 Å². The highest BCUT2D eigenvalue weighted by Crippen LogP contribution is 2.44.